The van der Waals surface area contributed by atoms with E-state index < -0.39 is 0 Å². The summed E-state index contributed by atoms with van der Waals surface area (Å²) in [6.45, 7) is 2.08. The molecular formula is C15H21ClO2. The summed E-state index contributed by atoms with van der Waals surface area (Å²) in [6.07, 6.45) is 4.39. The molecule has 100 valence electrons. The molecule has 0 N–H and O–H groups in total. The molecule has 1 aliphatic rings. The predicted octanol–water partition coefficient (Wildman–Crippen LogP) is 4.24. The molecule has 0 aliphatic heterocycles. The Labute approximate surface area is 114 Å². The summed E-state index contributed by atoms with van der Waals surface area (Å²) >= 11 is 6.56. The summed E-state index contributed by atoms with van der Waals surface area (Å²) in [5.74, 6) is 0.880. The first kappa shape index (κ1) is 13.7. The van der Waals surface area contributed by atoms with Crippen LogP contribution in [0.15, 0.2) is 18.2 Å². The zero-order valence-corrected chi connectivity index (χ0v) is 12.1. The Kier molecular flexibility index (Phi) is 4.18. The lowest BCUT2D eigenvalue weighted by atomic mass is 9.76. The minimum atomic E-state index is 0.0103. The fourth-order valence-corrected chi connectivity index (χ4v) is 3.15. The summed E-state index contributed by atoms with van der Waals surface area (Å²) < 4.78 is 10.9. The average molecular weight is 269 g/mol. The number of aryl methyl sites for hydroxylation is 1. The molecule has 18 heavy (non-hydrogen) atoms. The number of rotatable bonds is 5. The molecule has 0 bridgehead atoms. The van der Waals surface area contributed by atoms with Gasteiger partial charge in [0.05, 0.1) is 18.1 Å². The lowest BCUT2D eigenvalue weighted by molar-refractivity contribution is -0.0780. The van der Waals surface area contributed by atoms with Gasteiger partial charge in [-0.25, -0.2) is 0 Å². The van der Waals surface area contributed by atoms with Crippen LogP contribution in [0, 0.1) is 6.92 Å². The Morgan fingerprint density at radius 1 is 1.33 bits per heavy atom. The van der Waals surface area contributed by atoms with E-state index in [-0.39, 0.29) is 11.0 Å². The van der Waals surface area contributed by atoms with E-state index in [1.54, 1.807) is 14.2 Å². The van der Waals surface area contributed by atoms with Gasteiger partial charge >= 0.3 is 0 Å². The minimum Gasteiger partial charge on any atom is -0.497 e. The summed E-state index contributed by atoms with van der Waals surface area (Å²) in [4.78, 5) is 0. The number of benzene rings is 1. The number of halogens is 1. The molecule has 1 atom stereocenters. The maximum atomic E-state index is 6.56. The summed E-state index contributed by atoms with van der Waals surface area (Å²) in [5, 5.41) is 0.0103. The third kappa shape index (κ3) is 2.65. The Hall–Kier alpha value is -0.730. The van der Waals surface area contributed by atoms with Crippen molar-refractivity contribution in [1.82, 2.24) is 0 Å². The highest BCUT2D eigenvalue weighted by Gasteiger charge is 2.39. The maximum Gasteiger partial charge on any atom is 0.119 e. The molecule has 0 aromatic heterocycles. The van der Waals surface area contributed by atoms with E-state index in [0.717, 1.165) is 25.0 Å². The monoisotopic (exact) mass is 268 g/mol. The fourth-order valence-electron chi connectivity index (χ4n) is 2.63. The molecule has 0 spiro atoms. The van der Waals surface area contributed by atoms with Gasteiger partial charge in [0.1, 0.15) is 5.75 Å². The van der Waals surface area contributed by atoms with Crippen LogP contribution >= 0.6 is 11.6 Å². The normalized spacial score (nSPS) is 19.1. The zero-order valence-electron chi connectivity index (χ0n) is 11.3. The van der Waals surface area contributed by atoms with Crippen LogP contribution in [0.3, 0.4) is 0 Å². The van der Waals surface area contributed by atoms with Gasteiger partial charge in [-0.15, -0.1) is 11.6 Å². The largest absolute Gasteiger partial charge is 0.497 e. The number of hydrogen-bond donors (Lipinski definition) is 0. The van der Waals surface area contributed by atoms with E-state index in [0.29, 0.717) is 0 Å². The molecule has 2 rings (SSSR count). The molecule has 0 radical (unpaired) electrons. The smallest absolute Gasteiger partial charge is 0.119 e. The van der Waals surface area contributed by atoms with Crippen molar-refractivity contribution in [2.75, 3.05) is 14.2 Å². The maximum absolute atomic E-state index is 6.56. The van der Waals surface area contributed by atoms with Crippen LogP contribution in [-0.2, 0) is 4.74 Å². The van der Waals surface area contributed by atoms with Crippen molar-refractivity contribution >= 4 is 11.6 Å². The van der Waals surface area contributed by atoms with Crippen LogP contribution in [-0.4, -0.2) is 19.8 Å². The lowest BCUT2D eigenvalue weighted by Crippen LogP contribution is -2.40. The first-order chi connectivity index (χ1) is 8.60. The Morgan fingerprint density at radius 2 is 2.06 bits per heavy atom. The van der Waals surface area contributed by atoms with E-state index in [9.17, 15) is 0 Å². The Morgan fingerprint density at radius 3 is 2.50 bits per heavy atom. The molecule has 1 fully saturated rings. The van der Waals surface area contributed by atoms with E-state index in [4.69, 9.17) is 21.1 Å². The Balaban J connectivity index is 2.11. The molecule has 1 unspecified atom stereocenters. The SMILES string of the molecule is COc1ccc(C(Cl)CC2(OC)CCC2)c(C)c1. The van der Waals surface area contributed by atoms with Gasteiger partial charge in [0.15, 0.2) is 0 Å². The van der Waals surface area contributed by atoms with Crippen molar-refractivity contribution in [1.29, 1.82) is 0 Å². The van der Waals surface area contributed by atoms with Crippen LogP contribution in [0.5, 0.6) is 5.75 Å². The highest BCUT2D eigenvalue weighted by Crippen LogP contribution is 2.44. The molecule has 0 saturated heterocycles. The van der Waals surface area contributed by atoms with Gasteiger partial charge < -0.3 is 9.47 Å². The van der Waals surface area contributed by atoms with Gasteiger partial charge in [0.2, 0.25) is 0 Å². The highest BCUT2D eigenvalue weighted by molar-refractivity contribution is 6.21. The van der Waals surface area contributed by atoms with Gasteiger partial charge in [-0.3, -0.25) is 0 Å². The number of hydrogen-bond acceptors (Lipinski definition) is 2. The van der Waals surface area contributed by atoms with E-state index >= 15 is 0 Å². The van der Waals surface area contributed by atoms with E-state index in [1.165, 1.54) is 17.5 Å². The van der Waals surface area contributed by atoms with Crippen LogP contribution in [0.2, 0.25) is 0 Å². The van der Waals surface area contributed by atoms with Crippen molar-refractivity contribution in [3.05, 3.63) is 29.3 Å². The van der Waals surface area contributed by atoms with Crippen molar-refractivity contribution in [3.63, 3.8) is 0 Å². The second-order valence-electron chi connectivity index (χ2n) is 5.13. The number of methoxy groups -OCH3 is 2. The lowest BCUT2D eigenvalue weighted by Gasteiger charge is -2.42. The minimum absolute atomic E-state index is 0.0103. The Bertz CT molecular complexity index is 407. The molecule has 3 heteroatoms. The van der Waals surface area contributed by atoms with Gasteiger partial charge in [-0.1, -0.05) is 6.07 Å². The van der Waals surface area contributed by atoms with Gasteiger partial charge in [0, 0.05) is 7.11 Å². The second-order valence-corrected chi connectivity index (χ2v) is 5.66. The van der Waals surface area contributed by atoms with Gasteiger partial charge in [-0.2, -0.15) is 0 Å². The van der Waals surface area contributed by atoms with Crippen LogP contribution in [0.4, 0.5) is 0 Å². The third-order valence-corrected chi connectivity index (χ3v) is 4.45. The van der Waals surface area contributed by atoms with Gasteiger partial charge in [0.25, 0.3) is 0 Å². The molecule has 2 nitrogen and oxygen atoms in total. The van der Waals surface area contributed by atoms with Crippen molar-refractivity contribution in [2.45, 2.75) is 43.6 Å². The first-order valence-corrected chi connectivity index (χ1v) is 6.88. The second kappa shape index (κ2) is 5.50. The number of ether oxygens (including phenoxy) is 2. The molecule has 0 amide bonds. The van der Waals surface area contributed by atoms with Crippen LogP contribution < -0.4 is 4.74 Å². The summed E-state index contributed by atoms with van der Waals surface area (Å²) in [7, 11) is 3.48. The molecule has 1 aromatic carbocycles. The van der Waals surface area contributed by atoms with Crippen molar-refractivity contribution in [2.24, 2.45) is 0 Å². The quantitative estimate of drug-likeness (QED) is 0.744. The zero-order chi connectivity index (χ0) is 13.2. The fraction of sp³-hybridized carbons (Fsp3) is 0.600. The highest BCUT2D eigenvalue weighted by atomic mass is 35.5. The summed E-state index contributed by atoms with van der Waals surface area (Å²) in [6, 6.07) is 6.07. The summed E-state index contributed by atoms with van der Waals surface area (Å²) in [5.41, 5.74) is 2.37. The van der Waals surface area contributed by atoms with Crippen molar-refractivity contribution < 1.29 is 9.47 Å². The topological polar surface area (TPSA) is 18.5 Å². The molecular weight excluding hydrogens is 248 g/mol. The van der Waals surface area contributed by atoms with Crippen molar-refractivity contribution in [3.8, 4) is 5.75 Å². The predicted molar refractivity (Wildman–Crippen MR) is 74.5 cm³/mol. The molecule has 1 aromatic rings. The molecule has 0 heterocycles. The molecule has 1 saturated carbocycles. The van der Waals surface area contributed by atoms with E-state index in [1.807, 2.05) is 12.1 Å². The third-order valence-electron chi connectivity index (χ3n) is 4.06. The van der Waals surface area contributed by atoms with E-state index in [2.05, 4.69) is 13.0 Å². The standard InChI is InChI=1S/C15H21ClO2/c1-11-9-12(17-2)5-6-13(11)14(16)10-15(18-3)7-4-8-15/h5-6,9,14H,4,7-8,10H2,1-3H3. The van der Waals surface area contributed by atoms with Gasteiger partial charge in [-0.05, 0) is 55.9 Å². The average Bonchev–Trinajstić information content (AvgIpc) is 2.33. The van der Waals surface area contributed by atoms with Crippen LogP contribution in [0.25, 0.3) is 0 Å². The first-order valence-electron chi connectivity index (χ1n) is 6.44. The number of alkyl halides is 1. The van der Waals surface area contributed by atoms with Crippen LogP contribution in [0.1, 0.15) is 42.2 Å². The molecule has 1 aliphatic carbocycles.